The van der Waals surface area contributed by atoms with Crippen molar-refractivity contribution < 1.29 is 13.5 Å². The predicted octanol–water partition coefficient (Wildman–Crippen LogP) is 3.52. The lowest BCUT2D eigenvalue weighted by molar-refractivity contribution is 0.371. The van der Waals surface area contributed by atoms with E-state index in [4.69, 9.17) is 9.26 Å². The average molecular weight is 322 g/mol. The van der Waals surface area contributed by atoms with Crippen LogP contribution in [0.15, 0.2) is 22.7 Å². The van der Waals surface area contributed by atoms with Crippen LogP contribution in [0.1, 0.15) is 54.8 Å². The minimum absolute atomic E-state index is 0.190. The summed E-state index contributed by atoms with van der Waals surface area (Å²) in [4.78, 5) is 4.33. The summed E-state index contributed by atoms with van der Waals surface area (Å²) in [6.07, 6.45) is 0. The fourth-order valence-corrected chi connectivity index (χ4v) is 3.16. The second-order valence-electron chi connectivity index (χ2n) is 5.63. The van der Waals surface area contributed by atoms with Gasteiger partial charge in [0.1, 0.15) is 11.0 Å². The molecule has 1 heterocycles. The van der Waals surface area contributed by atoms with Crippen molar-refractivity contribution in [3.05, 3.63) is 41.0 Å². The number of aromatic nitrogens is 2. The smallest absolute Gasteiger partial charge is 0.242 e. The highest BCUT2D eigenvalue weighted by Crippen LogP contribution is 2.26. The summed E-state index contributed by atoms with van der Waals surface area (Å²) in [5.41, 5.74) is 2.04. The lowest BCUT2D eigenvalue weighted by Gasteiger charge is -2.11. The van der Waals surface area contributed by atoms with E-state index in [0.29, 0.717) is 17.5 Å². The fraction of sp³-hybridized carbons (Fsp3) is 0.500. The zero-order valence-corrected chi connectivity index (χ0v) is 14.4. The maximum Gasteiger partial charge on any atom is 0.242 e. The van der Waals surface area contributed by atoms with Crippen molar-refractivity contribution in [3.8, 4) is 5.75 Å². The van der Waals surface area contributed by atoms with Crippen LogP contribution in [0.3, 0.4) is 0 Å². The number of hydrogen-bond acceptors (Lipinski definition) is 5. The van der Waals surface area contributed by atoms with E-state index in [0.717, 1.165) is 16.9 Å². The number of rotatable bonds is 6. The first kappa shape index (κ1) is 16.7. The first-order valence-electron chi connectivity index (χ1n) is 7.26. The van der Waals surface area contributed by atoms with Crippen LogP contribution in [0.2, 0.25) is 0 Å². The van der Waals surface area contributed by atoms with Crippen LogP contribution in [0.25, 0.3) is 0 Å². The van der Waals surface area contributed by atoms with Crippen molar-refractivity contribution >= 4 is 10.8 Å². The Bertz CT molecular complexity index is 667. The van der Waals surface area contributed by atoms with Gasteiger partial charge in [0.25, 0.3) is 0 Å². The van der Waals surface area contributed by atoms with Crippen LogP contribution >= 0.6 is 0 Å². The van der Waals surface area contributed by atoms with Crippen LogP contribution in [0.5, 0.6) is 5.75 Å². The fourth-order valence-electron chi connectivity index (χ4n) is 2.06. The summed E-state index contributed by atoms with van der Waals surface area (Å²) in [5, 5.41) is 3.61. The van der Waals surface area contributed by atoms with Gasteiger partial charge in [0.05, 0.1) is 12.9 Å². The molecule has 0 bridgehead atoms. The SMILES string of the molecule is COc1ccc(C)cc1CS(=O)C(C)c1nc(C(C)C)no1. The maximum absolute atomic E-state index is 12.6. The standard InChI is InChI=1S/C16H22N2O3S/c1-10(2)15-17-16(21-18-15)12(4)22(19)9-13-8-11(3)6-7-14(13)20-5/h6-8,10,12H,9H2,1-5H3. The monoisotopic (exact) mass is 322 g/mol. The van der Waals surface area contributed by atoms with Gasteiger partial charge in [0.15, 0.2) is 5.82 Å². The number of benzene rings is 1. The van der Waals surface area contributed by atoms with E-state index in [1.807, 2.05) is 45.9 Å². The number of methoxy groups -OCH3 is 1. The third-order valence-electron chi connectivity index (χ3n) is 3.45. The van der Waals surface area contributed by atoms with Gasteiger partial charge in [-0.25, -0.2) is 0 Å². The van der Waals surface area contributed by atoms with Crippen LogP contribution in [-0.4, -0.2) is 21.5 Å². The van der Waals surface area contributed by atoms with E-state index in [2.05, 4.69) is 10.1 Å². The normalized spacial score (nSPS) is 14.1. The Kier molecular flexibility index (Phi) is 5.34. The quantitative estimate of drug-likeness (QED) is 0.814. The van der Waals surface area contributed by atoms with Crippen molar-refractivity contribution in [2.24, 2.45) is 0 Å². The number of ether oxygens (including phenoxy) is 1. The molecule has 0 saturated carbocycles. The molecule has 5 nitrogen and oxygen atoms in total. The van der Waals surface area contributed by atoms with Gasteiger partial charge in [-0.2, -0.15) is 4.98 Å². The molecule has 2 rings (SSSR count). The molecule has 0 amide bonds. The van der Waals surface area contributed by atoms with E-state index in [9.17, 15) is 4.21 Å². The van der Waals surface area contributed by atoms with Crippen molar-refractivity contribution in [2.75, 3.05) is 7.11 Å². The van der Waals surface area contributed by atoms with Crippen LogP contribution in [0.4, 0.5) is 0 Å². The molecule has 0 spiro atoms. The molecular formula is C16H22N2O3S. The molecule has 1 aromatic heterocycles. The molecule has 120 valence electrons. The highest BCUT2D eigenvalue weighted by atomic mass is 32.2. The molecule has 0 radical (unpaired) electrons. The molecule has 2 atom stereocenters. The summed E-state index contributed by atoms with van der Waals surface area (Å²) < 4.78 is 23.2. The van der Waals surface area contributed by atoms with Crippen molar-refractivity contribution in [3.63, 3.8) is 0 Å². The number of nitrogens with zero attached hydrogens (tertiary/aromatic N) is 2. The Balaban J connectivity index is 2.15. The molecule has 2 aromatic rings. The van der Waals surface area contributed by atoms with E-state index in [1.165, 1.54) is 0 Å². The predicted molar refractivity (Wildman–Crippen MR) is 86.4 cm³/mol. The van der Waals surface area contributed by atoms with Crippen molar-refractivity contribution in [1.29, 1.82) is 0 Å². The summed E-state index contributed by atoms with van der Waals surface area (Å²) in [6, 6.07) is 5.87. The summed E-state index contributed by atoms with van der Waals surface area (Å²) in [7, 11) is 0.455. The van der Waals surface area contributed by atoms with Crippen molar-refractivity contribution in [1.82, 2.24) is 10.1 Å². The van der Waals surface area contributed by atoms with Gasteiger partial charge in [-0.3, -0.25) is 4.21 Å². The van der Waals surface area contributed by atoms with Gasteiger partial charge in [0, 0.05) is 22.3 Å². The minimum atomic E-state index is -1.16. The van der Waals surface area contributed by atoms with Gasteiger partial charge >= 0.3 is 0 Å². The summed E-state index contributed by atoms with van der Waals surface area (Å²) in [5.74, 6) is 2.40. The zero-order chi connectivity index (χ0) is 16.3. The van der Waals surface area contributed by atoms with E-state index in [1.54, 1.807) is 7.11 Å². The molecule has 0 aliphatic rings. The third kappa shape index (κ3) is 3.74. The molecule has 0 aliphatic carbocycles. The Hall–Kier alpha value is -1.69. The molecule has 2 unspecified atom stereocenters. The van der Waals surface area contributed by atoms with E-state index < -0.39 is 10.8 Å². The zero-order valence-electron chi connectivity index (χ0n) is 13.6. The van der Waals surface area contributed by atoms with Crippen LogP contribution in [-0.2, 0) is 16.6 Å². The molecule has 0 fully saturated rings. The lowest BCUT2D eigenvalue weighted by Crippen LogP contribution is -2.07. The second-order valence-corrected chi connectivity index (χ2v) is 7.39. The van der Waals surface area contributed by atoms with Gasteiger partial charge in [0.2, 0.25) is 5.89 Å². The average Bonchev–Trinajstić information content (AvgIpc) is 2.96. The third-order valence-corrected chi connectivity index (χ3v) is 5.04. The highest BCUT2D eigenvalue weighted by molar-refractivity contribution is 7.84. The number of aryl methyl sites for hydroxylation is 1. The molecule has 0 aliphatic heterocycles. The largest absolute Gasteiger partial charge is 0.496 e. The Morgan fingerprint density at radius 1 is 1.32 bits per heavy atom. The highest BCUT2D eigenvalue weighted by Gasteiger charge is 2.22. The maximum atomic E-state index is 12.6. The molecule has 0 N–H and O–H groups in total. The summed E-state index contributed by atoms with van der Waals surface area (Å²) in [6.45, 7) is 7.83. The van der Waals surface area contributed by atoms with Crippen LogP contribution in [0, 0.1) is 6.92 Å². The van der Waals surface area contributed by atoms with Gasteiger partial charge in [-0.1, -0.05) is 36.7 Å². The first-order chi connectivity index (χ1) is 10.4. The second kappa shape index (κ2) is 7.05. The van der Waals surface area contributed by atoms with Crippen molar-refractivity contribution in [2.45, 2.75) is 44.6 Å². The number of hydrogen-bond donors (Lipinski definition) is 0. The lowest BCUT2D eigenvalue weighted by atomic mass is 10.1. The first-order valence-corrected chi connectivity index (χ1v) is 8.64. The van der Waals surface area contributed by atoms with Crippen LogP contribution < -0.4 is 4.74 Å². The summed E-state index contributed by atoms with van der Waals surface area (Å²) >= 11 is 0. The Labute approximate surface area is 133 Å². The van der Waals surface area contributed by atoms with Gasteiger partial charge in [-0.05, 0) is 19.9 Å². The molecule has 22 heavy (non-hydrogen) atoms. The molecule has 1 aromatic carbocycles. The molecule has 6 heteroatoms. The molecule has 0 saturated heterocycles. The minimum Gasteiger partial charge on any atom is -0.496 e. The van der Waals surface area contributed by atoms with E-state index >= 15 is 0 Å². The Morgan fingerprint density at radius 3 is 2.64 bits per heavy atom. The van der Waals surface area contributed by atoms with E-state index in [-0.39, 0.29) is 11.2 Å². The van der Waals surface area contributed by atoms with Gasteiger partial charge in [-0.15, -0.1) is 0 Å². The van der Waals surface area contributed by atoms with Gasteiger partial charge < -0.3 is 9.26 Å². The molecular weight excluding hydrogens is 300 g/mol. The Morgan fingerprint density at radius 2 is 2.05 bits per heavy atom. The topological polar surface area (TPSA) is 65.2 Å².